The van der Waals surface area contributed by atoms with Gasteiger partial charge in [-0.2, -0.15) is 0 Å². The van der Waals surface area contributed by atoms with Crippen LogP contribution >= 0.6 is 0 Å². The third-order valence-corrected chi connectivity index (χ3v) is 3.48. The monoisotopic (exact) mass is 238 g/mol. The molecule has 18 heavy (non-hydrogen) atoms. The number of rotatable bonds is 5. The zero-order valence-corrected chi connectivity index (χ0v) is 11.4. The van der Waals surface area contributed by atoms with E-state index >= 15 is 0 Å². The van der Waals surface area contributed by atoms with Gasteiger partial charge < -0.3 is 0 Å². The molecule has 0 aliphatic heterocycles. The molecule has 0 bridgehead atoms. The Morgan fingerprint density at radius 3 is 2.17 bits per heavy atom. The van der Waals surface area contributed by atoms with Crippen molar-refractivity contribution in [2.45, 2.75) is 39.5 Å². The lowest BCUT2D eigenvalue weighted by molar-refractivity contribution is 0.795. The lowest BCUT2D eigenvalue weighted by Gasteiger charge is -2.14. The molecule has 0 saturated heterocycles. The Kier molecular flexibility index (Phi) is 4.58. The Labute approximate surface area is 111 Å². The number of unbranched alkanes of at least 4 members (excludes halogenated alkanes) is 1. The summed E-state index contributed by atoms with van der Waals surface area (Å²) in [7, 11) is 0. The Morgan fingerprint density at radius 2 is 1.50 bits per heavy atom. The predicted octanol–water partition coefficient (Wildman–Crippen LogP) is 5.26. The second kappa shape index (κ2) is 6.39. The molecule has 0 fully saturated rings. The Balaban J connectivity index is 2.47. The summed E-state index contributed by atoms with van der Waals surface area (Å²) >= 11 is 0. The van der Waals surface area contributed by atoms with Crippen LogP contribution < -0.4 is 0 Å². The molecule has 0 heteroatoms. The van der Waals surface area contributed by atoms with Gasteiger partial charge in [0.05, 0.1) is 0 Å². The maximum absolute atomic E-state index is 2.29. The molecule has 2 aromatic carbocycles. The van der Waals surface area contributed by atoms with Crippen molar-refractivity contribution in [3.05, 3.63) is 59.7 Å². The summed E-state index contributed by atoms with van der Waals surface area (Å²) in [6, 6.07) is 17.6. The molecule has 0 unspecified atom stereocenters. The summed E-state index contributed by atoms with van der Waals surface area (Å²) in [5.74, 6) is 0. The average molecular weight is 238 g/mol. The Morgan fingerprint density at radius 1 is 0.778 bits per heavy atom. The molecular formula is C18H22. The minimum atomic E-state index is 1.10. The summed E-state index contributed by atoms with van der Waals surface area (Å²) in [5.41, 5.74) is 5.80. The standard InChI is InChI=1S/C18H22/c1-3-5-10-16-14-9-13-15(4-2)18(16)17-11-7-6-8-12-17/h6-9,11-14H,3-5,10H2,1-2H3. The van der Waals surface area contributed by atoms with Crippen LogP contribution in [0.3, 0.4) is 0 Å². The summed E-state index contributed by atoms with van der Waals surface area (Å²) < 4.78 is 0. The third kappa shape index (κ3) is 2.81. The molecule has 0 radical (unpaired) electrons. The zero-order valence-electron chi connectivity index (χ0n) is 11.4. The van der Waals surface area contributed by atoms with Crippen molar-refractivity contribution in [2.24, 2.45) is 0 Å². The van der Waals surface area contributed by atoms with E-state index in [1.54, 1.807) is 0 Å². The maximum atomic E-state index is 2.29. The van der Waals surface area contributed by atoms with Gasteiger partial charge in [0.25, 0.3) is 0 Å². The van der Waals surface area contributed by atoms with Crippen molar-refractivity contribution in [2.75, 3.05) is 0 Å². The van der Waals surface area contributed by atoms with Crippen LogP contribution in [0.1, 0.15) is 37.8 Å². The van der Waals surface area contributed by atoms with E-state index < -0.39 is 0 Å². The van der Waals surface area contributed by atoms with Gasteiger partial charge >= 0.3 is 0 Å². The fourth-order valence-corrected chi connectivity index (χ4v) is 2.50. The molecular weight excluding hydrogens is 216 g/mol. The molecule has 0 N–H and O–H groups in total. The van der Waals surface area contributed by atoms with Crippen LogP contribution in [0.4, 0.5) is 0 Å². The van der Waals surface area contributed by atoms with E-state index in [4.69, 9.17) is 0 Å². The van der Waals surface area contributed by atoms with Crippen molar-refractivity contribution < 1.29 is 0 Å². The van der Waals surface area contributed by atoms with Crippen LogP contribution in [-0.4, -0.2) is 0 Å². The van der Waals surface area contributed by atoms with Crippen molar-refractivity contribution in [3.8, 4) is 11.1 Å². The molecule has 0 heterocycles. The van der Waals surface area contributed by atoms with Gasteiger partial charge in [-0.15, -0.1) is 0 Å². The fourth-order valence-electron chi connectivity index (χ4n) is 2.50. The maximum Gasteiger partial charge on any atom is -0.0120 e. The van der Waals surface area contributed by atoms with Crippen LogP contribution in [0.15, 0.2) is 48.5 Å². The first-order chi connectivity index (χ1) is 8.86. The van der Waals surface area contributed by atoms with E-state index in [0.717, 1.165) is 6.42 Å². The average Bonchev–Trinajstić information content (AvgIpc) is 2.45. The molecule has 0 aromatic heterocycles. The first kappa shape index (κ1) is 12.9. The van der Waals surface area contributed by atoms with Crippen LogP contribution in [0, 0.1) is 0 Å². The minimum absolute atomic E-state index is 1.10. The SMILES string of the molecule is CCCCc1cccc(CC)c1-c1ccccc1. The van der Waals surface area contributed by atoms with Gasteiger partial charge in [0.2, 0.25) is 0 Å². The van der Waals surface area contributed by atoms with Crippen molar-refractivity contribution in [1.29, 1.82) is 0 Å². The normalized spacial score (nSPS) is 10.6. The second-order valence-electron chi connectivity index (χ2n) is 4.77. The number of hydrogen-bond donors (Lipinski definition) is 0. The summed E-state index contributed by atoms with van der Waals surface area (Å²) in [5, 5.41) is 0. The first-order valence-electron chi connectivity index (χ1n) is 7.03. The lowest BCUT2D eigenvalue weighted by atomic mass is 9.91. The smallest absolute Gasteiger partial charge is 0.0120 e. The minimum Gasteiger partial charge on any atom is -0.0654 e. The van der Waals surface area contributed by atoms with Crippen LogP contribution in [-0.2, 0) is 12.8 Å². The van der Waals surface area contributed by atoms with Gasteiger partial charge in [0.15, 0.2) is 0 Å². The van der Waals surface area contributed by atoms with Crippen LogP contribution in [0.25, 0.3) is 11.1 Å². The highest BCUT2D eigenvalue weighted by molar-refractivity contribution is 5.71. The highest BCUT2D eigenvalue weighted by Gasteiger charge is 2.08. The molecule has 0 saturated carbocycles. The van der Waals surface area contributed by atoms with E-state index in [1.165, 1.54) is 41.5 Å². The summed E-state index contributed by atoms with van der Waals surface area (Å²) in [6.07, 6.45) is 4.82. The molecule has 2 rings (SSSR count). The molecule has 0 atom stereocenters. The molecule has 0 aliphatic carbocycles. The first-order valence-corrected chi connectivity index (χ1v) is 7.03. The third-order valence-electron chi connectivity index (χ3n) is 3.48. The second-order valence-corrected chi connectivity index (χ2v) is 4.77. The Bertz CT molecular complexity index is 483. The molecule has 0 aliphatic rings. The lowest BCUT2D eigenvalue weighted by Crippen LogP contribution is -1.95. The Hall–Kier alpha value is -1.56. The van der Waals surface area contributed by atoms with E-state index in [2.05, 4.69) is 62.4 Å². The van der Waals surface area contributed by atoms with Gasteiger partial charge in [-0.25, -0.2) is 0 Å². The zero-order chi connectivity index (χ0) is 12.8. The van der Waals surface area contributed by atoms with E-state index in [9.17, 15) is 0 Å². The fraction of sp³-hybridized carbons (Fsp3) is 0.333. The quantitative estimate of drug-likeness (QED) is 0.666. The molecule has 0 amide bonds. The highest BCUT2D eigenvalue weighted by Crippen LogP contribution is 2.29. The molecule has 0 nitrogen and oxygen atoms in total. The molecule has 0 spiro atoms. The summed E-state index contributed by atoms with van der Waals surface area (Å²) in [6.45, 7) is 4.50. The van der Waals surface area contributed by atoms with Gasteiger partial charge in [-0.3, -0.25) is 0 Å². The number of benzene rings is 2. The largest absolute Gasteiger partial charge is 0.0654 e. The molecule has 2 aromatic rings. The van der Waals surface area contributed by atoms with Gasteiger partial charge in [-0.05, 0) is 41.5 Å². The topological polar surface area (TPSA) is 0 Å². The van der Waals surface area contributed by atoms with E-state index in [0.29, 0.717) is 0 Å². The summed E-state index contributed by atoms with van der Waals surface area (Å²) in [4.78, 5) is 0. The number of aryl methyl sites for hydroxylation is 2. The van der Waals surface area contributed by atoms with Crippen LogP contribution in [0.2, 0.25) is 0 Å². The number of hydrogen-bond acceptors (Lipinski definition) is 0. The van der Waals surface area contributed by atoms with Gasteiger partial charge in [0, 0.05) is 0 Å². The molecule has 94 valence electrons. The van der Waals surface area contributed by atoms with Crippen molar-refractivity contribution in [3.63, 3.8) is 0 Å². The van der Waals surface area contributed by atoms with Crippen molar-refractivity contribution >= 4 is 0 Å². The highest BCUT2D eigenvalue weighted by atomic mass is 14.1. The van der Waals surface area contributed by atoms with E-state index in [-0.39, 0.29) is 0 Å². The van der Waals surface area contributed by atoms with E-state index in [1.807, 2.05) is 0 Å². The van der Waals surface area contributed by atoms with Gasteiger partial charge in [0.1, 0.15) is 0 Å². The van der Waals surface area contributed by atoms with Crippen molar-refractivity contribution in [1.82, 2.24) is 0 Å². The van der Waals surface area contributed by atoms with Gasteiger partial charge in [-0.1, -0.05) is 68.8 Å². The van der Waals surface area contributed by atoms with Crippen LogP contribution in [0.5, 0.6) is 0 Å². The predicted molar refractivity (Wildman–Crippen MR) is 79.9 cm³/mol.